The SMILES string of the molecule is O=[PH](OOCCF)OOCCF. The molecule has 0 aromatic heterocycles. The van der Waals surface area contributed by atoms with Gasteiger partial charge in [-0.3, -0.25) is 4.57 Å². The van der Waals surface area contributed by atoms with Crippen LogP contribution in [0.1, 0.15) is 0 Å². The molecule has 12 heavy (non-hydrogen) atoms. The normalized spacial score (nSPS) is 10.9. The topological polar surface area (TPSA) is 54.0 Å². The van der Waals surface area contributed by atoms with Gasteiger partial charge in [0.15, 0.2) is 0 Å². The first-order valence-corrected chi connectivity index (χ1v) is 4.28. The van der Waals surface area contributed by atoms with Crippen LogP contribution in [0.5, 0.6) is 0 Å². The summed E-state index contributed by atoms with van der Waals surface area (Å²) in [5.41, 5.74) is 0. The lowest BCUT2D eigenvalue weighted by atomic mass is 10.8. The number of hydrogen-bond acceptors (Lipinski definition) is 5. The third kappa shape index (κ3) is 8.03. The molecule has 0 aromatic rings. The molecule has 0 bridgehead atoms. The Labute approximate surface area is 68.4 Å². The van der Waals surface area contributed by atoms with Crippen LogP contribution in [0.25, 0.3) is 0 Å². The molecule has 0 heterocycles. The standard InChI is InChI=1S/C4H9F2O5P/c5-1-3-8-10-12(7)11-9-4-2-6/h12H,1-4H2. The molecule has 0 fully saturated rings. The molecule has 74 valence electrons. The maximum absolute atomic E-state index is 11.3. The van der Waals surface area contributed by atoms with E-state index in [1.807, 2.05) is 0 Å². The van der Waals surface area contributed by atoms with E-state index < -0.39 is 21.6 Å². The Balaban J connectivity index is 3.10. The predicted octanol–water partition coefficient (Wildman–Crippen LogP) is 1.21. The molecule has 0 spiro atoms. The smallest absolute Gasteiger partial charge is 0.259 e. The summed E-state index contributed by atoms with van der Waals surface area (Å²) >= 11 is 0. The fourth-order valence-corrected chi connectivity index (χ4v) is 0.643. The van der Waals surface area contributed by atoms with Crippen molar-refractivity contribution < 1.29 is 32.5 Å². The lowest BCUT2D eigenvalue weighted by Gasteiger charge is -2.01. The molecular formula is C4H9F2O5P. The second kappa shape index (κ2) is 9.02. The van der Waals surface area contributed by atoms with E-state index >= 15 is 0 Å². The highest BCUT2D eigenvalue weighted by atomic mass is 31.1. The van der Waals surface area contributed by atoms with E-state index in [-0.39, 0.29) is 13.2 Å². The van der Waals surface area contributed by atoms with Crippen LogP contribution in [0.2, 0.25) is 0 Å². The van der Waals surface area contributed by atoms with Gasteiger partial charge in [0, 0.05) is 0 Å². The number of halogens is 2. The summed E-state index contributed by atoms with van der Waals surface area (Å²) in [7, 11) is -2.96. The first-order valence-electron chi connectivity index (χ1n) is 3.06. The molecule has 0 aliphatic carbocycles. The predicted molar refractivity (Wildman–Crippen MR) is 35.0 cm³/mol. The Morgan fingerprint density at radius 1 is 1.00 bits per heavy atom. The summed E-state index contributed by atoms with van der Waals surface area (Å²) in [4.78, 5) is 8.07. The Morgan fingerprint density at radius 2 is 1.42 bits per heavy atom. The van der Waals surface area contributed by atoms with E-state index in [4.69, 9.17) is 0 Å². The molecule has 0 amide bonds. The minimum absolute atomic E-state index is 0.344. The van der Waals surface area contributed by atoms with Crippen molar-refractivity contribution in [1.82, 2.24) is 0 Å². The van der Waals surface area contributed by atoms with Gasteiger partial charge in [0.2, 0.25) is 0 Å². The van der Waals surface area contributed by atoms with Crippen LogP contribution < -0.4 is 0 Å². The van der Waals surface area contributed by atoms with Gasteiger partial charge in [-0.2, -0.15) is 0 Å². The Morgan fingerprint density at radius 3 is 1.75 bits per heavy atom. The zero-order valence-corrected chi connectivity index (χ0v) is 7.13. The van der Waals surface area contributed by atoms with Gasteiger partial charge in [-0.25, -0.2) is 18.6 Å². The van der Waals surface area contributed by atoms with Crippen LogP contribution in [0.4, 0.5) is 8.78 Å². The maximum atomic E-state index is 11.3. The maximum Gasteiger partial charge on any atom is 0.373 e. The Hall–Kier alpha value is -0.0700. The van der Waals surface area contributed by atoms with Gasteiger partial charge in [0.1, 0.15) is 26.6 Å². The molecule has 0 N–H and O–H groups in total. The average molecular weight is 206 g/mol. The van der Waals surface area contributed by atoms with Gasteiger partial charge in [0.05, 0.1) is 0 Å². The fourth-order valence-electron chi connectivity index (χ4n) is 0.256. The van der Waals surface area contributed by atoms with Crippen molar-refractivity contribution in [2.45, 2.75) is 0 Å². The molecule has 0 aliphatic heterocycles. The zero-order chi connectivity index (χ0) is 9.23. The van der Waals surface area contributed by atoms with Gasteiger partial charge in [-0.1, -0.05) is 0 Å². The number of hydrogen-bond donors (Lipinski definition) is 0. The van der Waals surface area contributed by atoms with Crippen molar-refractivity contribution in [3.05, 3.63) is 0 Å². The van der Waals surface area contributed by atoms with Crippen LogP contribution in [0, 0.1) is 0 Å². The van der Waals surface area contributed by atoms with Gasteiger partial charge in [-0.05, 0) is 0 Å². The van der Waals surface area contributed by atoms with Crippen molar-refractivity contribution in [3.8, 4) is 0 Å². The number of alkyl halides is 2. The molecule has 0 atom stereocenters. The Bertz CT molecular complexity index is 112. The van der Waals surface area contributed by atoms with Gasteiger partial charge in [-0.15, -0.1) is 9.35 Å². The molecule has 0 saturated carbocycles. The third-order valence-corrected chi connectivity index (χ3v) is 1.08. The van der Waals surface area contributed by atoms with Crippen LogP contribution in [-0.4, -0.2) is 26.6 Å². The van der Waals surface area contributed by atoms with Crippen LogP contribution in [0.3, 0.4) is 0 Å². The van der Waals surface area contributed by atoms with Gasteiger partial charge >= 0.3 is 8.25 Å². The van der Waals surface area contributed by atoms with Gasteiger partial charge < -0.3 is 0 Å². The highest BCUT2D eigenvalue weighted by molar-refractivity contribution is 7.32. The van der Waals surface area contributed by atoms with E-state index in [1.165, 1.54) is 0 Å². The van der Waals surface area contributed by atoms with Crippen molar-refractivity contribution in [3.63, 3.8) is 0 Å². The minimum Gasteiger partial charge on any atom is -0.259 e. The van der Waals surface area contributed by atoms with E-state index in [0.717, 1.165) is 0 Å². The summed E-state index contributed by atoms with van der Waals surface area (Å²) in [5.74, 6) is 0. The molecule has 5 nitrogen and oxygen atoms in total. The van der Waals surface area contributed by atoms with Crippen LogP contribution in [-0.2, 0) is 23.7 Å². The largest absolute Gasteiger partial charge is 0.373 e. The lowest BCUT2D eigenvalue weighted by molar-refractivity contribution is -0.260. The molecule has 0 saturated heterocycles. The minimum atomic E-state index is -2.96. The van der Waals surface area contributed by atoms with E-state index in [9.17, 15) is 13.3 Å². The van der Waals surface area contributed by atoms with E-state index in [1.54, 1.807) is 0 Å². The fraction of sp³-hybridized carbons (Fsp3) is 1.00. The first kappa shape index (κ1) is 11.9. The third-order valence-electron chi connectivity index (χ3n) is 0.575. The second-order valence-electron chi connectivity index (χ2n) is 1.44. The molecule has 0 radical (unpaired) electrons. The zero-order valence-electron chi connectivity index (χ0n) is 6.13. The molecule has 0 unspecified atom stereocenters. The summed E-state index contributed by atoms with van der Waals surface area (Å²) in [6, 6.07) is 0. The highest BCUT2D eigenvalue weighted by Crippen LogP contribution is 2.23. The highest BCUT2D eigenvalue weighted by Gasteiger charge is 2.00. The van der Waals surface area contributed by atoms with Crippen molar-refractivity contribution >= 4 is 8.25 Å². The van der Waals surface area contributed by atoms with E-state index in [2.05, 4.69) is 19.1 Å². The molecular weight excluding hydrogens is 197 g/mol. The summed E-state index contributed by atoms with van der Waals surface area (Å²) in [6.07, 6.45) is 0. The van der Waals surface area contributed by atoms with Gasteiger partial charge in [0.25, 0.3) is 0 Å². The molecule has 0 rings (SSSR count). The molecule has 0 aliphatic rings. The monoisotopic (exact) mass is 206 g/mol. The summed E-state index contributed by atoms with van der Waals surface area (Å²) in [5, 5.41) is 0. The Kier molecular flexibility index (Phi) is 8.97. The van der Waals surface area contributed by atoms with Crippen molar-refractivity contribution in [2.24, 2.45) is 0 Å². The summed E-state index contributed by atoms with van der Waals surface area (Å²) in [6.45, 7) is -2.22. The van der Waals surface area contributed by atoms with E-state index in [0.29, 0.717) is 0 Å². The lowest BCUT2D eigenvalue weighted by Crippen LogP contribution is -1.96. The second-order valence-corrected chi connectivity index (χ2v) is 2.27. The van der Waals surface area contributed by atoms with Crippen LogP contribution >= 0.6 is 8.25 Å². The van der Waals surface area contributed by atoms with Crippen molar-refractivity contribution in [1.29, 1.82) is 0 Å². The first-order chi connectivity index (χ1) is 5.81. The van der Waals surface area contributed by atoms with Crippen molar-refractivity contribution in [2.75, 3.05) is 26.6 Å². The molecule has 0 aromatic carbocycles. The number of rotatable bonds is 8. The summed E-state index contributed by atoms with van der Waals surface area (Å²) < 4.78 is 41.0. The molecule has 8 heteroatoms. The van der Waals surface area contributed by atoms with Crippen LogP contribution in [0.15, 0.2) is 0 Å². The quantitative estimate of drug-likeness (QED) is 0.258. The average Bonchev–Trinajstić information content (AvgIpc) is 2.06.